The van der Waals surface area contributed by atoms with Crippen LogP contribution in [0, 0.1) is 6.92 Å². The summed E-state index contributed by atoms with van der Waals surface area (Å²) in [5.74, 6) is -0.0737. The first-order valence-corrected chi connectivity index (χ1v) is 9.83. The number of hydrogen-bond donors (Lipinski definition) is 2. The van der Waals surface area contributed by atoms with E-state index in [1.54, 1.807) is 18.2 Å². The summed E-state index contributed by atoms with van der Waals surface area (Å²) < 4.78 is 0.762. The van der Waals surface area contributed by atoms with Crippen molar-refractivity contribution in [3.05, 3.63) is 49.0 Å². The molecule has 0 aliphatic heterocycles. The summed E-state index contributed by atoms with van der Waals surface area (Å²) in [4.78, 5) is 31.9. The van der Waals surface area contributed by atoms with Gasteiger partial charge in [-0.1, -0.05) is 23.4 Å². The molecule has 0 aliphatic rings. The van der Waals surface area contributed by atoms with E-state index in [2.05, 4.69) is 31.2 Å². The van der Waals surface area contributed by atoms with E-state index in [-0.39, 0.29) is 17.2 Å². The number of benzene rings is 1. The molecule has 2 heterocycles. The summed E-state index contributed by atoms with van der Waals surface area (Å²) in [6.07, 6.45) is 0. The van der Waals surface area contributed by atoms with Crippen LogP contribution in [0.2, 0.25) is 5.02 Å². The van der Waals surface area contributed by atoms with E-state index in [4.69, 9.17) is 11.6 Å². The number of halogens is 2. The first-order valence-electron chi connectivity index (χ1n) is 6.80. The average molecular weight is 445 g/mol. The Morgan fingerprint density at radius 2 is 2.29 bits per heavy atom. The largest absolute Gasteiger partial charge is 0.325 e. The number of thioether (sulfide) groups is 1. The van der Waals surface area contributed by atoms with Gasteiger partial charge in [0.1, 0.15) is 4.83 Å². The second-order valence-corrected chi connectivity index (χ2v) is 8.02. The number of anilines is 1. The first kappa shape index (κ1) is 17.5. The molecule has 0 saturated heterocycles. The molecule has 2 aromatic heterocycles. The zero-order valence-corrected chi connectivity index (χ0v) is 16.3. The lowest BCUT2D eigenvalue weighted by Gasteiger charge is -2.06. The van der Waals surface area contributed by atoms with Gasteiger partial charge in [-0.3, -0.25) is 9.59 Å². The zero-order chi connectivity index (χ0) is 17.3. The smallest absolute Gasteiger partial charge is 0.260 e. The second kappa shape index (κ2) is 7.26. The lowest BCUT2D eigenvalue weighted by atomic mass is 10.3. The zero-order valence-electron chi connectivity index (χ0n) is 12.4. The molecule has 0 fully saturated rings. The quantitative estimate of drug-likeness (QED) is 0.461. The minimum Gasteiger partial charge on any atom is -0.325 e. The van der Waals surface area contributed by atoms with Crippen molar-refractivity contribution in [2.45, 2.75) is 12.1 Å². The fourth-order valence-corrected chi connectivity index (χ4v) is 4.11. The van der Waals surface area contributed by atoms with E-state index in [9.17, 15) is 9.59 Å². The average Bonchev–Trinajstić information content (AvgIpc) is 2.91. The van der Waals surface area contributed by atoms with Crippen LogP contribution in [0.5, 0.6) is 0 Å². The third kappa shape index (κ3) is 3.83. The maximum Gasteiger partial charge on any atom is 0.260 e. The molecule has 3 rings (SSSR count). The van der Waals surface area contributed by atoms with E-state index in [1.807, 2.05) is 12.3 Å². The van der Waals surface area contributed by atoms with Crippen molar-refractivity contribution >= 4 is 72.4 Å². The van der Waals surface area contributed by atoms with Crippen LogP contribution in [0.3, 0.4) is 0 Å². The van der Waals surface area contributed by atoms with Gasteiger partial charge in [0.05, 0.1) is 16.2 Å². The summed E-state index contributed by atoms with van der Waals surface area (Å²) in [5, 5.41) is 6.21. The Bertz CT molecular complexity index is 986. The Morgan fingerprint density at radius 3 is 3.04 bits per heavy atom. The molecule has 0 bridgehead atoms. The van der Waals surface area contributed by atoms with Crippen molar-refractivity contribution in [1.82, 2.24) is 9.97 Å². The Balaban J connectivity index is 1.68. The summed E-state index contributed by atoms with van der Waals surface area (Å²) >= 11 is 11.9. The van der Waals surface area contributed by atoms with Crippen molar-refractivity contribution in [2.24, 2.45) is 0 Å². The van der Waals surface area contributed by atoms with Gasteiger partial charge in [-0.05, 0) is 52.0 Å². The van der Waals surface area contributed by atoms with E-state index in [0.29, 0.717) is 26.1 Å². The Morgan fingerprint density at radius 1 is 1.50 bits per heavy atom. The summed E-state index contributed by atoms with van der Waals surface area (Å²) in [7, 11) is 0. The number of nitrogens with zero attached hydrogens (tertiary/aromatic N) is 1. The van der Waals surface area contributed by atoms with E-state index in [1.165, 1.54) is 23.1 Å². The lowest BCUT2D eigenvalue weighted by molar-refractivity contribution is -0.113. The highest BCUT2D eigenvalue weighted by Gasteiger charge is 2.11. The number of hydrogen-bond acceptors (Lipinski definition) is 5. The summed E-state index contributed by atoms with van der Waals surface area (Å²) in [6.45, 7) is 1.87. The van der Waals surface area contributed by atoms with Gasteiger partial charge in [0.2, 0.25) is 5.91 Å². The standard InChI is InChI=1S/C15H11BrClN3O2S2/c1-7-5-23-14-12(7)13(22)19-15(20-14)24-6-11(21)18-8-2-3-9(16)10(17)4-8/h2-5H,6H2,1H3,(H,18,21)(H,19,20,22). The highest BCUT2D eigenvalue weighted by molar-refractivity contribution is 9.10. The molecule has 0 saturated carbocycles. The summed E-state index contributed by atoms with van der Waals surface area (Å²) in [5.41, 5.74) is 1.34. The van der Waals surface area contributed by atoms with Crippen molar-refractivity contribution in [3.8, 4) is 0 Å². The van der Waals surface area contributed by atoms with Crippen molar-refractivity contribution in [2.75, 3.05) is 11.1 Å². The Labute approximate surface area is 159 Å². The Kier molecular flexibility index (Phi) is 5.29. The molecule has 2 N–H and O–H groups in total. The number of aromatic amines is 1. The lowest BCUT2D eigenvalue weighted by Crippen LogP contribution is -2.15. The van der Waals surface area contributed by atoms with Crippen molar-refractivity contribution in [3.63, 3.8) is 0 Å². The molecule has 0 aliphatic carbocycles. The fraction of sp³-hybridized carbons (Fsp3) is 0.133. The van der Waals surface area contributed by atoms with Gasteiger partial charge in [0, 0.05) is 10.2 Å². The van der Waals surface area contributed by atoms with E-state index < -0.39 is 0 Å². The minimum atomic E-state index is -0.205. The fourth-order valence-electron chi connectivity index (χ4n) is 2.04. The molecule has 3 aromatic rings. The number of thiophene rings is 1. The van der Waals surface area contributed by atoms with Gasteiger partial charge in [-0.15, -0.1) is 11.3 Å². The predicted molar refractivity (Wildman–Crippen MR) is 103 cm³/mol. The van der Waals surface area contributed by atoms with Crippen LogP contribution in [0.25, 0.3) is 10.2 Å². The van der Waals surface area contributed by atoms with Crippen LogP contribution in [-0.4, -0.2) is 21.6 Å². The molecule has 0 unspecified atom stereocenters. The van der Waals surface area contributed by atoms with E-state index >= 15 is 0 Å². The molecule has 5 nitrogen and oxygen atoms in total. The normalized spacial score (nSPS) is 11.0. The molecule has 9 heteroatoms. The Hall–Kier alpha value is -1.35. The van der Waals surface area contributed by atoms with Crippen LogP contribution in [0.15, 0.2) is 38.0 Å². The van der Waals surface area contributed by atoms with Crippen LogP contribution in [0.4, 0.5) is 5.69 Å². The highest BCUT2D eigenvalue weighted by Crippen LogP contribution is 2.26. The van der Waals surface area contributed by atoms with Crippen LogP contribution >= 0.6 is 50.6 Å². The van der Waals surface area contributed by atoms with Gasteiger partial charge in [-0.25, -0.2) is 4.98 Å². The molecule has 124 valence electrons. The van der Waals surface area contributed by atoms with Gasteiger partial charge in [-0.2, -0.15) is 0 Å². The first-order chi connectivity index (χ1) is 11.4. The monoisotopic (exact) mass is 443 g/mol. The molecule has 24 heavy (non-hydrogen) atoms. The highest BCUT2D eigenvalue weighted by atomic mass is 79.9. The van der Waals surface area contributed by atoms with Gasteiger partial charge < -0.3 is 10.3 Å². The van der Waals surface area contributed by atoms with Gasteiger partial charge in [0.25, 0.3) is 5.56 Å². The molecule has 0 spiro atoms. The number of aryl methyl sites for hydroxylation is 1. The molecule has 1 aromatic carbocycles. The minimum absolute atomic E-state index is 0.131. The van der Waals surface area contributed by atoms with Crippen LogP contribution in [0.1, 0.15) is 5.56 Å². The third-order valence-corrected chi connectivity index (χ3v) is 6.25. The SMILES string of the molecule is Cc1csc2nc(SCC(=O)Nc3ccc(Br)c(Cl)c3)[nH]c(=O)c12. The maximum atomic E-state index is 12.1. The van der Waals surface area contributed by atoms with Crippen LogP contribution in [-0.2, 0) is 4.79 Å². The number of carbonyl (C=O) groups is 1. The van der Waals surface area contributed by atoms with Crippen molar-refractivity contribution < 1.29 is 4.79 Å². The number of carbonyl (C=O) groups excluding carboxylic acids is 1. The number of aromatic nitrogens is 2. The number of H-pyrrole nitrogens is 1. The molecular formula is C15H11BrClN3O2S2. The summed E-state index contributed by atoms with van der Waals surface area (Å²) in [6, 6.07) is 5.17. The molecule has 0 radical (unpaired) electrons. The van der Waals surface area contributed by atoms with Gasteiger partial charge in [0.15, 0.2) is 5.16 Å². The number of nitrogens with one attached hydrogen (secondary N) is 2. The second-order valence-electron chi connectivity index (χ2n) is 4.94. The number of rotatable bonds is 4. The molecule has 0 atom stereocenters. The third-order valence-electron chi connectivity index (χ3n) is 3.15. The van der Waals surface area contributed by atoms with E-state index in [0.717, 1.165) is 10.0 Å². The molecule has 1 amide bonds. The maximum absolute atomic E-state index is 12.1. The van der Waals surface area contributed by atoms with Crippen LogP contribution < -0.4 is 10.9 Å². The topological polar surface area (TPSA) is 74.8 Å². The predicted octanol–water partition coefficient (Wildman–Crippen LogP) is 4.44. The van der Waals surface area contributed by atoms with Crippen molar-refractivity contribution in [1.29, 1.82) is 0 Å². The van der Waals surface area contributed by atoms with Gasteiger partial charge >= 0.3 is 0 Å². The molecular weight excluding hydrogens is 434 g/mol. The number of fused-ring (bicyclic) bond motifs is 1. The number of amides is 1.